The second-order valence-electron chi connectivity index (χ2n) is 4.53. The predicted molar refractivity (Wildman–Crippen MR) is 74.4 cm³/mol. The van der Waals surface area contributed by atoms with Gasteiger partial charge in [0.1, 0.15) is 5.60 Å². The van der Waals surface area contributed by atoms with Crippen LogP contribution in [-0.2, 0) is 4.74 Å². The zero-order valence-electron chi connectivity index (χ0n) is 12.8. The molecule has 0 aromatic carbocycles. The quantitative estimate of drug-likeness (QED) is 0.630. The molecule has 1 rings (SSSR count). The average molecular weight is 245 g/mol. The fourth-order valence-corrected chi connectivity index (χ4v) is 1.40. The highest BCUT2D eigenvalue weighted by Crippen LogP contribution is 2.14. The molecule has 0 atom stereocenters. The molecule has 0 bridgehead atoms. The smallest absolute Gasteiger partial charge is 0.410 e. The molecule has 1 aliphatic rings. The summed E-state index contributed by atoms with van der Waals surface area (Å²) in [4.78, 5) is 13.3. The number of rotatable bonds is 0. The van der Waals surface area contributed by atoms with Crippen LogP contribution in [-0.4, -0.2) is 29.7 Å². The van der Waals surface area contributed by atoms with Crippen molar-refractivity contribution in [1.82, 2.24) is 4.90 Å². The number of piperidine rings is 1. The van der Waals surface area contributed by atoms with Gasteiger partial charge in [0.05, 0.1) is 0 Å². The zero-order chi connectivity index (χ0) is 13.9. The van der Waals surface area contributed by atoms with E-state index in [1.165, 1.54) is 6.42 Å². The predicted octanol–water partition coefficient (Wildman–Crippen LogP) is 4.46. The van der Waals surface area contributed by atoms with Crippen LogP contribution in [0.4, 0.5) is 4.79 Å². The summed E-state index contributed by atoms with van der Waals surface area (Å²) in [6.45, 7) is 15.4. The van der Waals surface area contributed by atoms with E-state index < -0.39 is 0 Å². The number of carbonyl (C=O) groups is 1. The molecule has 0 aliphatic carbocycles. The molecule has 1 heterocycles. The molecule has 0 aromatic rings. The van der Waals surface area contributed by atoms with Gasteiger partial charge in [0, 0.05) is 13.1 Å². The zero-order valence-corrected chi connectivity index (χ0v) is 12.8. The Kier molecular flexibility index (Phi) is 11.4. The summed E-state index contributed by atoms with van der Waals surface area (Å²) in [6, 6.07) is 0. The molecular weight excluding hydrogens is 214 g/mol. The van der Waals surface area contributed by atoms with Crippen LogP contribution in [0.1, 0.15) is 67.7 Å². The highest BCUT2D eigenvalue weighted by Gasteiger charge is 2.22. The molecule has 1 saturated heterocycles. The molecule has 1 amide bonds. The van der Waals surface area contributed by atoms with Crippen molar-refractivity contribution in [3.8, 4) is 0 Å². The normalized spacial score (nSPS) is 14.9. The van der Waals surface area contributed by atoms with Crippen LogP contribution in [0.3, 0.4) is 0 Å². The van der Waals surface area contributed by atoms with E-state index in [1.807, 2.05) is 48.5 Å². The number of hydrogen-bond donors (Lipinski definition) is 0. The van der Waals surface area contributed by atoms with Gasteiger partial charge in [-0.25, -0.2) is 4.79 Å². The van der Waals surface area contributed by atoms with Crippen LogP contribution < -0.4 is 0 Å². The third-order valence-corrected chi connectivity index (χ3v) is 2.01. The Labute approximate surface area is 108 Å². The fourth-order valence-electron chi connectivity index (χ4n) is 1.40. The molecule has 1 fully saturated rings. The highest BCUT2D eigenvalue weighted by atomic mass is 16.6. The second kappa shape index (κ2) is 10.4. The Hall–Kier alpha value is -0.730. The highest BCUT2D eigenvalue weighted by molar-refractivity contribution is 5.68. The Morgan fingerprint density at radius 2 is 1.35 bits per heavy atom. The maximum absolute atomic E-state index is 11.5. The number of nitrogens with zero attached hydrogens (tertiary/aromatic N) is 1. The Morgan fingerprint density at radius 3 is 1.71 bits per heavy atom. The lowest BCUT2D eigenvalue weighted by molar-refractivity contribution is 0.0216. The molecule has 0 radical (unpaired) electrons. The van der Waals surface area contributed by atoms with Crippen molar-refractivity contribution in [2.45, 2.75) is 73.3 Å². The Bertz CT molecular complexity index is 179. The summed E-state index contributed by atoms with van der Waals surface area (Å²) in [5, 5.41) is 0. The van der Waals surface area contributed by atoms with Crippen LogP contribution in [0.5, 0.6) is 0 Å². The van der Waals surface area contributed by atoms with Crippen molar-refractivity contribution in [1.29, 1.82) is 0 Å². The Morgan fingerprint density at radius 1 is 0.941 bits per heavy atom. The number of likely N-dealkylation sites (tertiary alicyclic amines) is 1. The van der Waals surface area contributed by atoms with E-state index >= 15 is 0 Å². The third kappa shape index (κ3) is 10.2. The molecule has 0 N–H and O–H groups in total. The summed E-state index contributed by atoms with van der Waals surface area (Å²) in [5.41, 5.74) is -0.367. The van der Waals surface area contributed by atoms with Crippen LogP contribution in [0.15, 0.2) is 0 Å². The van der Waals surface area contributed by atoms with Gasteiger partial charge < -0.3 is 9.64 Å². The van der Waals surface area contributed by atoms with Crippen molar-refractivity contribution in [3.05, 3.63) is 0 Å². The van der Waals surface area contributed by atoms with E-state index in [2.05, 4.69) is 0 Å². The molecule has 0 saturated carbocycles. The number of carbonyl (C=O) groups excluding carboxylic acids is 1. The van der Waals surface area contributed by atoms with Gasteiger partial charge >= 0.3 is 6.09 Å². The van der Waals surface area contributed by atoms with Crippen molar-refractivity contribution < 1.29 is 9.53 Å². The topological polar surface area (TPSA) is 29.5 Å². The summed E-state index contributed by atoms with van der Waals surface area (Å²) in [7, 11) is 0. The largest absolute Gasteiger partial charge is 0.444 e. The molecular formula is C14H31NO2. The van der Waals surface area contributed by atoms with E-state index in [-0.39, 0.29) is 11.7 Å². The first-order chi connectivity index (χ1) is 7.99. The molecule has 1 aliphatic heterocycles. The first-order valence-electron chi connectivity index (χ1n) is 6.97. The minimum atomic E-state index is -0.367. The van der Waals surface area contributed by atoms with Gasteiger partial charge in [-0.2, -0.15) is 0 Å². The molecule has 3 heteroatoms. The maximum atomic E-state index is 11.5. The van der Waals surface area contributed by atoms with Gasteiger partial charge in [0.15, 0.2) is 0 Å². The minimum absolute atomic E-state index is 0.160. The molecule has 0 unspecified atom stereocenters. The summed E-state index contributed by atoms with van der Waals surface area (Å²) >= 11 is 0. The van der Waals surface area contributed by atoms with Gasteiger partial charge in [0.25, 0.3) is 0 Å². The standard InChI is InChI=1S/C10H19NO2.2C2H6/c1-10(2,3)13-9(12)11-7-5-4-6-8-11;2*1-2/h4-8H2,1-3H3;2*1-2H3. The maximum Gasteiger partial charge on any atom is 0.410 e. The van der Waals surface area contributed by atoms with Crippen molar-refractivity contribution in [3.63, 3.8) is 0 Å². The molecule has 0 aromatic heterocycles. The second-order valence-corrected chi connectivity index (χ2v) is 4.53. The lowest BCUT2D eigenvalue weighted by Crippen LogP contribution is -2.39. The number of amides is 1. The average Bonchev–Trinajstić information content (AvgIpc) is 2.33. The van der Waals surface area contributed by atoms with Crippen molar-refractivity contribution >= 4 is 6.09 Å². The van der Waals surface area contributed by atoms with Crippen LogP contribution in [0, 0.1) is 0 Å². The number of hydrogen-bond acceptors (Lipinski definition) is 2. The summed E-state index contributed by atoms with van der Waals surface area (Å²) in [5.74, 6) is 0. The van der Waals surface area contributed by atoms with Gasteiger partial charge in [-0.1, -0.05) is 27.7 Å². The third-order valence-electron chi connectivity index (χ3n) is 2.01. The van der Waals surface area contributed by atoms with E-state index in [1.54, 1.807) is 4.90 Å². The molecule has 3 nitrogen and oxygen atoms in total. The monoisotopic (exact) mass is 245 g/mol. The first kappa shape index (κ1) is 18.6. The molecule has 104 valence electrons. The van der Waals surface area contributed by atoms with E-state index in [0.717, 1.165) is 25.9 Å². The molecule has 17 heavy (non-hydrogen) atoms. The number of ether oxygens (including phenoxy) is 1. The van der Waals surface area contributed by atoms with Gasteiger partial charge in [-0.05, 0) is 40.0 Å². The van der Waals surface area contributed by atoms with Gasteiger partial charge in [-0.15, -0.1) is 0 Å². The molecule has 0 spiro atoms. The lowest BCUT2D eigenvalue weighted by Gasteiger charge is -2.29. The van der Waals surface area contributed by atoms with Crippen LogP contribution in [0.2, 0.25) is 0 Å². The van der Waals surface area contributed by atoms with Crippen molar-refractivity contribution in [2.75, 3.05) is 13.1 Å². The van der Waals surface area contributed by atoms with Crippen molar-refractivity contribution in [2.24, 2.45) is 0 Å². The first-order valence-corrected chi connectivity index (χ1v) is 6.97. The van der Waals surface area contributed by atoms with Gasteiger partial charge in [0.2, 0.25) is 0 Å². The van der Waals surface area contributed by atoms with Gasteiger partial charge in [-0.3, -0.25) is 0 Å². The Balaban J connectivity index is 0. The van der Waals surface area contributed by atoms with E-state index in [0.29, 0.717) is 0 Å². The van der Waals surface area contributed by atoms with E-state index in [9.17, 15) is 4.79 Å². The minimum Gasteiger partial charge on any atom is -0.444 e. The fraction of sp³-hybridized carbons (Fsp3) is 0.929. The van der Waals surface area contributed by atoms with E-state index in [4.69, 9.17) is 4.74 Å². The summed E-state index contributed by atoms with van der Waals surface area (Å²) < 4.78 is 5.26. The van der Waals surface area contributed by atoms with Crippen LogP contribution >= 0.6 is 0 Å². The lowest BCUT2D eigenvalue weighted by atomic mass is 10.1. The summed E-state index contributed by atoms with van der Waals surface area (Å²) in [6.07, 6.45) is 3.30. The van der Waals surface area contributed by atoms with Crippen LogP contribution in [0.25, 0.3) is 0 Å². The SMILES string of the molecule is CC.CC.CC(C)(C)OC(=O)N1CCCCC1.